The number of esters is 1. The lowest BCUT2D eigenvalue weighted by Gasteiger charge is -2.23. The van der Waals surface area contributed by atoms with Gasteiger partial charge in [-0.2, -0.15) is 0 Å². The van der Waals surface area contributed by atoms with E-state index in [2.05, 4.69) is 4.74 Å². The summed E-state index contributed by atoms with van der Waals surface area (Å²) in [6.07, 6.45) is 0.721. The molecule has 0 aliphatic carbocycles. The van der Waals surface area contributed by atoms with E-state index in [1.807, 2.05) is 12.1 Å². The zero-order valence-corrected chi connectivity index (χ0v) is 9.64. The van der Waals surface area contributed by atoms with Gasteiger partial charge in [-0.25, -0.2) is 0 Å². The summed E-state index contributed by atoms with van der Waals surface area (Å²) in [5.41, 5.74) is 0.605. The van der Waals surface area contributed by atoms with Gasteiger partial charge in [0, 0.05) is 6.42 Å². The van der Waals surface area contributed by atoms with E-state index in [1.165, 1.54) is 7.11 Å². The van der Waals surface area contributed by atoms with Crippen LogP contribution in [-0.4, -0.2) is 25.5 Å². The fraction of sp³-hybridized carbons (Fsp3) is 0.385. The molecule has 0 spiro atoms. The topological polar surface area (TPSA) is 52.6 Å². The van der Waals surface area contributed by atoms with Gasteiger partial charge in [0.1, 0.15) is 5.75 Å². The van der Waals surface area contributed by atoms with Gasteiger partial charge in [0.15, 0.2) is 5.78 Å². The van der Waals surface area contributed by atoms with Crippen LogP contribution in [0.1, 0.15) is 23.2 Å². The van der Waals surface area contributed by atoms with Gasteiger partial charge in [0.05, 0.1) is 25.2 Å². The highest BCUT2D eigenvalue weighted by molar-refractivity contribution is 6.01. The van der Waals surface area contributed by atoms with Crippen LogP contribution >= 0.6 is 0 Å². The summed E-state index contributed by atoms with van der Waals surface area (Å²) in [5.74, 6) is 0.142. The summed E-state index contributed by atoms with van der Waals surface area (Å²) >= 11 is 0. The number of carbonyl (C=O) groups is 2. The minimum atomic E-state index is -0.295. The molecule has 0 aromatic heterocycles. The van der Waals surface area contributed by atoms with Gasteiger partial charge >= 0.3 is 5.97 Å². The number of carbonyl (C=O) groups excluding carboxylic acids is 2. The van der Waals surface area contributed by atoms with Crippen molar-refractivity contribution >= 4 is 11.8 Å². The van der Waals surface area contributed by atoms with Crippen LogP contribution in [0.4, 0.5) is 0 Å². The van der Waals surface area contributed by atoms with E-state index in [4.69, 9.17) is 4.74 Å². The Balaban J connectivity index is 2.05. The van der Waals surface area contributed by atoms with E-state index in [0.717, 1.165) is 0 Å². The number of ketones is 1. The van der Waals surface area contributed by atoms with E-state index in [1.54, 1.807) is 12.1 Å². The maximum absolute atomic E-state index is 12.1. The molecular weight excluding hydrogens is 220 g/mol. The monoisotopic (exact) mass is 234 g/mol. The molecule has 1 aromatic rings. The maximum Gasteiger partial charge on any atom is 0.305 e. The average Bonchev–Trinajstić information content (AvgIpc) is 2.38. The summed E-state index contributed by atoms with van der Waals surface area (Å²) in [7, 11) is 1.34. The van der Waals surface area contributed by atoms with Gasteiger partial charge in [-0.3, -0.25) is 9.59 Å². The Bertz CT molecular complexity index is 439. The van der Waals surface area contributed by atoms with Crippen LogP contribution in [0.3, 0.4) is 0 Å². The molecule has 1 atom stereocenters. The lowest BCUT2D eigenvalue weighted by molar-refractivity contribution is -0.140. The summed E-state index contributed by atoms with van der Waals surface area (Å²) in [6, 6.07) is 7.18. The zero-order valence-electron chi connectivity index (χ0n) is 9.64. The van der Waals surface area contributed by atoms with Crippen molar-refractivity contribution in [2.24, 2.45) is 5.92 Å². The molecule has 4 heteroatoms. The Hall–Kier alpha value is -1.84. The Morgan fingerprint density at radius 1 is 1.47 bits per heavy atom. The Kier molecular flexibility index (Phi) is 3.42. The molecule has 0 saturated carbocycles. The first-order chi connectivity index (χ1) is 8.22. The fourth-order valence-corrected chi connectivity index (χ4v) is 1.89. The van der Waals surface area contributed by atoms with Crippen LogP contribution in [0.2, 0.25) is 0 Å². The number of hydrogen-bond acceptors (Lipinski definition) is 4. The number of methoxy groups -OCH3 is 1. The Morgan fingerprint density at radius 3 is 3.00 bits per heavy atom. The standard InChI is InChI=1S/C13H14O4/c1-16-12(14)7-6-9-8-17-11-5-3-2-4-10(11)13(9)15/h2-5,9H,6-8H2,1H3. The molecule has 4 nitrogen and oxygen atoms in total. The van der Waals surface area contributed by atoms with Gasteiger partial charge < -0.3 is 9.47 Å². The van der Waals surface area contributed by atoms with Crippen molar-refractivity contribution < 1.29 is 19.1 Å². The third-order valence-electron chi connectivity index (χ3n) is 2.89. The van der Waals surface area contributed by atoms with E-state index in [-0.39, 0.29) is 24.1 Å². The maximum atomic E-state index is 12.1. The van der Waals surface area contributed by atoms with Crippen LogP contribution < -0.4 is 4.74 Å². The fourth-order valence-electron chi connectivity index (χ4n) is 1.89. The van der Waals surface area contributed by atoms with Crippen molar-refractivity contribution in [1.29, 1.82) is 0 Å². The number of rotatable bonds is 3. The van der Waals surface area contributed by atoms with Gasteiger partial charge in [-0.05, 0) is 18.6 Å². The first-order valence-electron chi connectivity index (χ1n) is 5.55. The van der Waals surface area contributed by atoms with Gasteiger partial charge in [-0.15, -0.1) is 0 Å². The van der Waals surface area contributed by atoms with E-state index < -0.39 is 0 Å². The smallest absolute Gasteiger partial charge is 0.305 e. The predicted octanol–water partition coefficient (Wildman–Crippen LogP) is 1.83. The molecule has 17 heavy (non-hydrogen) atoms. The zero-order chi connectivity index (χ0) is 12.3. The minimum absolute atomic E-state index is 0.0516. The highest BCUT2D eigenvalue weighted by Gasteiger charge is 2.28. The second-order valence-electron chi connectivity index (χ2n) is 3.98. The average molecular weight is 234 g/mol. The molecule has 1 unspecified atom stereocenters. The molecule has 0 saturated heterocycles. The van der Waals surface area contributed by atoms with Crippen LogP contribution in [0.25, 0.3) is 0 Å². The summed E-state index contributed by atoms with van der Waals surface area (Å²) in [6.45, 7) is 0.340. The molecule has 1 aromatic carbocycles. The SMILES string of the molecule is COC(=O)CCC1COc2ccccc2C1=O. The van der Waals surface area contributed by atoms with E-state index >= 15 is 0 Å². The normalized spacial score (nSPS) is 18.2. The van der Waals surface area contributed by atoms with E-state index in [0.29, 0.717) is 24.3 Å². The molecule has 0 N–H and O–H groups in total. The quantitative estimate of drug-likeness (QED) is 0.749. The lowest BCUT2D eigenvalue weighted by Crippen LogP contribution is -2.28. The van der Waals surface area contributed by atoms with Gasteiger partial charge in [0.2, 0.25) is 0 Å². The Morgan fingerprint density at radius 2 is 2.24 bits per heavy atom. The molecular formula is C13H14O4. The highest BCUT2D eigenvalue weighted by atomic mass is 16.5. The molecule has 0 bridgehead atoms. The van der Waals surface area contributed by atoms with Gasteiger partial charge in [0.25, 0.3) is 0 Å². The lowest BCUT2D eigenvalue weighted by atomic mass is 9.91. The summed E-state index contributed by atoms with van der Waals surface area (Å²) < 4.78 is 10.1. The third-order valence-corrected chi connectivity index (χ3v) is 2.89. The Labute approximate surface area is 99.5 Å². The molecule has 2 rings (SSSR count). The predicted molar refractivity (Wildman–Crippen MR) is 61.0 cm³/mol. The van der Waals surface area contributed by atoms with E-state index in [9.17, 15) is 9.59 Å². The van der Waals surface area contributed by atoms with Gasteiger partial charge in [-0.1, -0.05) is 12.1 Å². The number of Topliss-reactive ketones (excluding diaryl/α,β-unsaturated/α-hetero) is 1. The van der Waals surface area contributed by atoms with Crippen LogP contribution in [0.15, 0.2) is 24.3 Å². The second kappa shape index (κ2) is 4.99. The molecule has 1 aliphatic rings. The van der Waals surface area contributed by atoms with Crippen LogP contribution in [-0.2, 0) is 9.53 Å². The van der Waals surface area contributed by atoms with Crippen molar-refractivity contribution in [3.05, 3.63) is 29.8 Å². The highest BCUT2D eigenvalue weighted by Crippen LogP contribution is 2.28. The molecule has 0 radical (unpaired) electrons. The number of ether oxygens (including phenoxy) is 2. The molecule has 1 aliphatic heterocycles. The van der Waals surface area contributed by atoms with Crippen LogP contribution in [0, 0.1) is 5.92 Å². The number of benzene rings is 1. The van der Waals surface area contributed by atoms with Crippen molar-refractivity contribution in [2.75, 3.05) is 13.7 Å². The number of para-hydroxylation sites is 1. The van der Waals surface area contributed by atoms with Crippen molar-refractivity contribution in [1.82, 2.24) is 0 Å². The number of hydrogen-bond donors (Lipinski definition) is 0. The largest absolute Gasteiger partial charge is 0.492 e. The molecule has 0 amide bonds. The first-order valence-corrected chi connectivity index (χ1v) is 5.55. The molecule has 0 fully saturated rings. The molecule has 1 heterocycles. The van der Waals surface area contributed by atoms with Crippen molar-refractivity contribution in [2.45, 2.75) is 12.8 Å². The first kappa shape index (κ1) is 11.6. The number of fused-ring (bicyclic) bond motifs is 1. The third kappa shape index (κ3) is 2.46. The van der Waals surface area contributed by atoms with Crippen molar-refractivity contribution in [3.8, 4) is 5.75 Å². The van der Waals surface area contributed by atoms with Crippen LogP contribution in [0.5, 0.6) is 5.75 Å². The summed E-state index contributed by atoms with van der Waals surface area (Å²) in [5, 5.41) is 0. The summed E-state index contributed by atoms with van der Waals surface area (Å²) in [4.78, 5) is 23.1. The second-order valence-corrected chi connectivity index (χ2v) is 3.98. The van der Waals surface area contributed by atoms with Crippen molar-refractivity contribution in [3.63, 3.8) is 0 Å². The minimum Gasteiger partial charge on any atom is -0.492 e. The molecule has 90 valence electrons.